The van der Waals surface area contributed by atoms with Gasteiger partial charge in [0.05, 0.1) is 15.8 Å². The molecular weight excluding hydrogens is 289 g/mol. The van der Waals surface area contributed by atoms with Crippen LogP contribution in [0.4, 0.5) is 0 Å². The smallest absolute Gasteiger partial charge is 0.0623 e. The van der Waals surface area contributed by atoms with E-state index in [2.05, 4.69) is 50.8 Å². The molecule has 2 unspecified atom stereocenters. The van der Waals surface area contributed by atoms with Gasteiger partial charge >= 0.3 is 0 Å². The van der Waals surface area contributed by atoms with Crippen LogP contribution in [0, 0.1) is 9.49 Å². The van der Waals surface area contributed by atoms with Crippen molar-refractivity contribution in [1.29, 1.82) is 0 Å². The van der Waals surface area contributed by atoms with Crippen LogP contribution in [0.15, 0.2) is 12.4 Å². The van der Waals surface area contributed by atoms with Gasteiger partial charge in [-0.3, -0.25) is 4.68 Å². The third-order valence-corrected chi connectivity index (χ3v) is 3.50. The molecule has 1 heterocycles. The zero-order valence-corrected chi connectivity index (χ0v) is 10.6. The molecule has 1 aromatic rings. The molecule has 1 aromatic heterocycles. The van der Waals surface area contributed by atoms with Crippen molar-refractivity contribution in [2.75, 3.05) is 13.1 Å². The summed E-state index contributed by atoms with van der Waals surface area (Å²) >= 11 is 2.31. The van der Waals surface area contributed by atoms with Gasteiger partial charge in [-0.25, -0.2) is 0 Å². The lowest BCUT2D eigenvalue weighted by Crippen LogP contribution is -2.37. The third-order valence-electron chi connectivity index (χ3n) is 2.94. The van der Waals surface area contributed by atoms with Gasteiger partial charge in [0, 0.05) is 6.20 Å². The van der Waals surface area contributed by atoms with Gasteiger partial charge in [0.1, 0.15) is 0 Å². The monoisotopic (exact) mass is 305 g/mol. The van der Waals surface area contributed by atoms with Crippen LogP contribution in [0.5, 0.6) is 0 Å². The van der Waals surface area contributed by atoms with Gasteiger partial charge < -0.3 is 5.32 Å². The maximum atomic E-state index is 4.38. The number of nitrogens with zero attached hydrogens (tertiary/aromatic N) is 2. The van der Waals surface area contributed by atoms with Gasteiger partial charge in [-0.15, -0.1) is 0 Å². The molecule has 0 amide bonds. The summed E-state index contributed by atoms with van der Waals surface area (Å²) in [7, 11) is 0. The van der Waals surface area contributed by atoms with Crippen molar-refractivity contribution in [3.8, 4) is 0 Å². The molecule has 3 nitrogen and oxygen atoms in total. The molecule has 0 saturated heterocycles. The standard InChI is InChI=1S/C10H16IN3/c1-2-12-5-8-3-4-10(8)14-7-9(11)6-13-14/h6-8,10,12H,2-5H2,1H3. The number of aromatic nitrogens is 2. The predicted molar refractivity (Wildman–Crippen MR) is 65.2 cm³/mol. The number of rotatable bonds is 4. The summed E-state index contributed by atoms with van der Waals surface area (Å²) in [4.78, 5) is 0. The largest absolute Gasteiger partial charge is 0.317 e. The molecule has 0 bridgehead atoms. The molecule has 1 N–H and O–H groups in total. The van der Waals surface area contributed by atoms with Gasteiger partial charge in [0.25, 0.3) is 0 Å². The molecule has 2 atom stereocenters. The molecule has 1 aliphatic carbocycles. The Kier molecular flexibility index (Phi) is 3.43. The molecule has 1 aliphatic rings. The minimum atomic E-state index is 0.637. The molecule has 1 fully saturated rings. The van der Waals surface area contributed by atoms with E-state index in [0.717, 1.165) is 19.0 Å². The summed E-state index contributed by atoms with van der Waals surface area (Å²) in [6.07, 6.45) is 6.70. The van der Waals surface area contributed by atoms with E-state index in [1.807, 2.05) is 6.20 Å². The minimum absolute atomic E-state index is 0.637. The number of halogens is 1. The lowest BCUT2D eigenvalue weighted by atomic mass is 9.79. The highest BCUT2D eigenvalue weighted by molar-refractivity contribution is 14.1. The summed E-state index contributed by atoms with van der Waals surface area (Å²) in [6, 6.07) is 0.637. The SMILES string of the molecule is CCNCC1CCC1n1cc(I)cn1. The molecule has 4 heteroatoms. The number of hydrogen-bond donors (Lipinski definition) is 1. The Morgan fingerprint density at radius 2 is 2.50 bits per heavy atom. The summed E-state index contributed by atoms with van der Waals surface area (Å²) in [5.74, 6) is 0.783. The van der Waals surface area contributed by atoms with Crippen LogP contribution in [-0.4, -0.2) is 22.9 Å². The van der Waals surface area contributed by atoms with Gasteiger partial charge in [-0.2, -0.15) is 5.10 Å². The highest BCUT2D eigenvalue weighted by Crippen LogP contribution is 2.37. The van der Waals surface area contributed by atoms with Gasteiger partial charge in [-0.1, -0.05) is 6.92 Å². The zero-order valence-electron chi connectivity index (χ0n) is 8.41. The Morgan fingerprint density at radius 3 is 3.00 bits per heavy atom. The van der Waals surface area contributed by atoms with E-state index in [-0.39, 0.29) is 0 Å². The number of hydrogen-bond acceptors (Lipinski definition) is 2. The van der Waals surface area contributed by atoms with E-state index in [4.69, 9.17) is 0 Å². The van der Waals surface area contributed by atoms with Crippen LogP contribution in [0.2, 0.25) is 0 Å². The quantitative estimate of drug-likeness (QED) is 0.863. The predicted octanol–water partition coefficient (Wildman–Crippen LogP) is 2.05. The maximum Gasteiger partial charge on any atom is 0.0623 e. The summed E-state index contributed by atoms with van der Waals surface area (Å²) in [5.41, 5.74) is 0. The van der Waals surface area contributed by atoms with Crippen LogP contribution in [0.3, 0.4) is 0 Å². The Bertz CT molecular complexity index is 297. The average Bonchev–Trinajstić information content (AvgIpc) is 2.51. The highest BCUT2D eigenvalue weighted by atomic mass is 127. The molecule has 0 spiro atoms. The summed E-state index contributed by atoms with van der Waals surface area (Å²) in [6.45, 7) is 4.36. The molecule has 0 aromatic carbocycles. The molecule has 1 saturated carbocycles. The molecule has 0 aliphatic heterocycles. The van der Waals surface area contributed by atoms with E-state index in [1.165, 1.54) is 16.4 Å². The first kappa shape index (κ1) is 10.4. The van der Waals surface area contributed by atoms with Crippen molar-refractivity contribution in [2.45, 2.75) is 25.8 Å². The van der Waals surface area contributed by atoms with E-state index in [1.54, 1.807) is 0 Å². The fourth-order valence-corrected chi connectivity index (χ4v) is 2.37. The van der Waals surface area contributed by atoms with E-state index >= 15 is 0 Å². The van der Waals surface area contributed by atoms with Gasteiger partial charge in [-0.05, 0) is 54.4 Å². The van der Waals surface area contributed by atoms with E-state index in [0.29, 0.717) is 6.04 Å². The third kappa shape index (κ3) is 2.11. The Hall–Kier alpha value is -0.100. The topological polar surface area (TPSA) is 29.9 Å². The molecule has 2 rings (SSSR count). The first-order chi connectivity index (χ1) is 6.81. The fourth-order valence-electron chi connectivity index (χ4n) is 1.96. The molecular formula is C10H16IN3. The normalized spacial score (nSPS) is 26.1. The van der Waals surface area contributed by atoms with Crippen molar-refractivity contribution in [3.05, 3.63) is 16.0 Å². The second-order valence-corrected chi connectivity index (χ2v) is 5.10. The van der Waals surface area contributed by atoms with Crippen LogP contribution >= 0.6 is 22.6 Å². The Morgan fingerprint density at radius 1 is 1.64 bits per heavy atom. The summed E-state index contributed by atoms with van der Waals surface area (Å²) < 4.78 is 3.37. The second-order valence-electron chi connectivity index (χ2n) is 3.85. The van der Waals surface area contributed by atoms with Crippen molar-refractivity contribution in [2.24, 2.45) is 5.92 Å². The number of nitrogens with one attached hydrogen (secondary N) is 1. The second kappa shape index (κ2) is 4.61. The molecule has 14 heavy (non-hydrogen) atoms. The summed E-state index contributed by atoms with van der Waals surface area (Å²) in [5, 5.41) is 7.79. The maximum absolute atomic E-state index is 4.38. The minimum Gasteiger partial charge on any atom is -0.317 e. The van der Waals surface area contributed by atoms with E-state index < -0.39 is 0 Å². The first-order valence-corrected chi connectivity index (χ1v) is 6.29. The van der Waals surface area contributed by atoms with Crippen molar-refractivity contribution >= 4 is 22.6 Å². The van der Waals surface area contributed by atoms with Crippen molar-refractivity contribution in [1.82, 2.24) is 15.1 Å². The van der Waals surface area contributed by atoms with Crippen LogP contribution in [-0.2, 0) is 0 Å². The van der Waals surface area contributed by atoms with Crippen molar-refractivity contribution < 1.29 is 0 Å². The average molecular weight is 305 g/mol. The Labute approximate surface area is 98.4 Å². The first-order valence-electron chi connectivity index (χ1n) is 5.21. The zero-order chi connectivity index (χ0) is 9.97. The van der Waals surface area contributed by atoms with Crippen LogP contribution < -0.4 is 5.32 Å². The van der Waals surface area contributed by atoms with E-state index in [9.17, 15) is 0 Å². The van der Waals surface area contributed by atoms with Gasteiger partial charge in [0.2, 0.25) is 0 Å². The lowest BCUT2D eigenvalue weighted by molar-refractivity contribution is 0.164. The van der Waals surface area contributed by atoms with Crippen LogP contribution in [0.1, 0.15) is 25.8 Å². The molecule has 78 valence electrons. The Balaban J connectivity index is 1.92. The fraction of sp³-hybridized carbons (Fsp3) is 0.700. The molecule has 0 radical (unpaired) electrons. The van der Waals surface area contributed by atoms with Crippen molar-refractivity contribution in [3.63, 3.8) is 0 Å². The van der Waals surface area contributed by atoms with Crippen LogP contribution in [0.25, 0.3) is 0 Å². The lowest BCUT2D eigenvalue weighted by Gasteiger charge is -2.36. The van der Waals surface area contributed by atoms with Gasteiger partial charge in [0.15, 0.2) is 0 Å². The highest BCUT2D eigenvalue weighted by Gasteiger charge is 2.32.